The van der Waals surface area contributed by atoms with Gasteiger partial charge in [-0.25, -0.2) is 8.42 Å². The van der Waals surface area contributed by atoms with Crippen molar-refractivity contribution in [1.29, 1.82) is 0 Å². The first-order valence-corrected chi connectivity index (χ1v) is 9.77. The summed E-state index contributed by atoms with van der Waals surface area (Å²) in [5.41, 5.74) is 2.37. The Balaban J connectivity index is 2.34. The van der Waals surface area contributed by atoms with E-state index in [0.717, 1.165) is 17.4 Å². The molecule has 0 aliphatic rings. The summed E-state index contributed by atoms with van der Waals surface area (Å²) < 4.78 is 21.7. The van der Waals surface area contributed by atoms with Gasteiger partial charge < -0.3 is 0 Å². The molecule has 6 heteroatoms. The van der Waals surface area contributed by atoms with E-state index in [0.29, 0.717) is 5.56 Å². The maximum atomic E-state index is 12.3. The topological polar surface area (TPSA) is 51.2 Å². The Bertz CT molecular complexity index is 753. The number of sulfone groups is 1. The van der Waals surface area contributed by atoms with E-state index in [1.165, 1.54) is 0 Å². The van der Waals surface area contributed by atoms with Crippen molar-refractivity contribution in [2.24, 2.45) is 0 Å². The quantitative estimate of drug-likeness (QED) is 0.378. The van der Waals surface area contributed by atoms with Gasteiger partial charge in [-0.1, -0.05) is 54.6 Å². The molecule has 0 fully saturated rings. The number of carbonyl (C=O) groups excluding carboxylic acids is 1. The summed E-state index contributed by atoms with van der Waals surface area (Å²) in [5, 5.41) is 0. The van der Waals surface area contributed by atoms with E-state index in [1.807, 2.05) is 42.5 Å². The van der Waals surface area contributed by atoms with Gasteiger partial charge in [0, 0.05) is 11.8 Å². The highest BCUT2D eigenvalue weighted by Gasteiger charge is 2.43. The fraction of sp³-hybridized carbons (Fsp3) is 0.133. The second-order valence-corrected chi connectivity index (χ2v) is 12.3. The number of alkyl halides is 2. The van der Waals surface area contributed by atoms with Crippen molar-refractivity contribution >= 4 is 54.1 Å². The standard InChI is InChI=1S/C15H12BrIO3S/c1-21(19,20)15(16,17)14(18)13-9-7-12(8-10-13)11-5-3-2-4-6-11/h2-10H,1H3/t15-/m0/s1. The van der Waals surface area contributed by atoms with Gasteiger partial charge in [0.15, 0.2) is 9.84 Å². The van der Waals surface area contributed by atoms with Crippen molar-refractivity contribution < 1.29 is 13.2 Å². The van der Waals surface area contributed by atoms with Crippen LogP contribution in [0.1, 0.15) is 10.4 Å². The molecular weight excluding hydrogens is 467 g/mol. The normalized spacial score (nSPS) is 14.4. The number of hydrogen-bond donors (Lipinski definition) is 0. The molecule has 0 aromatic heterocycles. The van der Waals surface area contributed by atoms with Crippen LogP contribution in [0, 0.1) is 0 Å². The zero-order valence-electron chi connectivity index (χ0n) is 11.1. The van der Waals surface area contributed by atoms with Crippen LogP contribution in [-0.2, 0) is 9.84 Å². The minimum Gasteiger partial charge on any atom is -0.290 e. The first-order valence-electron chi connectivity index (χ1n) is 6.01. The van der Waals surface area contributed by atoms with E-state index in [1.54, 1.807) is 34.7 Å². The van der Waals surface area contributed by atoms with Gasteiger partial charge in [-0.15, -0.1) is 0 Å². The molecular formula is C15H12BrIO3S. The summed E-state index contributed by atoms with van der Waals surface area (Å²) >= 11 is 4.63. The number of halogens is 2. The molecule has 0 heterocycles. The SMILES string of the molecule is CS(=O)(=O)[C@@](Br)(I)C(=O)c1ccc(-c2ccccc2)cc1. The zero-order valence-corrected chi connectivity index (χ0v) is 15.6. The molecule has 2 aromatic rings. The number of carbonyl (C=O) groups is 1. The van der Waals surface area contributed by atoms with Crippen molar-refractivity contribution in [3.8, 4) is 11.1 Å². The molecule has 0 N–H and O–H groups in total. The first kappa shape index (κ1) is 16.6. The van der Waals surface area contributed by atoms with Crippen LogP contribution in [0.5, 0.6) is 0 Å². The van der Waals surface area contributed by atoms with Crippen LogP contribution in [-0.4, -0.2) is 22.1 Å². The number of Topliss-reactive ketones (excluding diaryl/α,β-unsaturated/α-hetero) is 1. The molecule has 1 atom stereocenters. The molecule has 2 rings (SSSR count). The Morgan fingerprint density at radius 3 is 1.95 bits per heavy atom. The van der Waals surface area contributed by atoms with Gasteiger partial charge in [0.2, 0.25) is 7.45 Å². The smallest absolute Gasteiger partial charge is 0.238 e. The number of hydrogen-bond acceptors (Lipinski definition) is 3. The molecule has 0 radical (unpaired) electrons. The van der Waals surface area contributed by atoms with Crippen molar-refractivity contribution in [2.75, 3.05) is 6.26 Å². The van der Waals surface area contributed by atoms with Crippen molar-refractivity contribution in [3.05, 3.63) is 60.2 Å². The first-order chi connectivity index (χ1) is 9.73. The fourth-order valence-electron chi connectivity index (χ4n) is 1.78. The van der Waals surface area contributed by atoms with Gasteiger partial charge >= 0.3 is 0 Å². The number of benzene rings is 2. The molecule has 0 saturated carbocycles. The highest BCUT2D eigenvalue weighted by atomic mass is 127. The lowest BCUT2D eigenvalue weighted by Crippen LogP contribution is -2.33. The highest BCUT2D eigenvalue weighted by molar-refractivity contribution is 14.1. The average molecular weight is 479 g/mol. The van der Waals surface area contributed by atoms with E-state index in [2.05, 4.69) is 15.9 Å². The molecule has 0 bridgehead atoms. The van der Waals surface area contributed by atoms with Gasteiger partial charge in [0.05, 0.1) is 0 Å². The fourth-order valence-corrected chi connectivity index (χ4v) is 2.78. The number of rotatable bonds is 4. The minimum absolute atomic E-state index is 0.353. The Morgan fingerprint density at radius 1 is 1.00 bits per heavy atom. The summed E-state index contributed by atoms with van der Waals surface area (Å²) in [6, 6.07) is 16.7. The van der Waals surface area contributed by atoms with Crippen LogP contribution in [0.2, 0.25) is 0 Å². The predicted octanol–water partition coefficient (Wildman–Crippen LogP) is 4.06. The van der Waals surface area contributed by atoms with Crippen LogP contribution in [0.15, 0.2) is 54.6 Å². The van der Waals surface area contributed by atoms with Gasteiger partial charge in [-0.3, -0.25) is 4.79 Å². The van der Waals surface area contributed by atoms with E-state index in [9.17, 15) is 13.2 Å². The van der Waals surface area contributed by atoms with Gasteiger partial charge in [0.25, 0.3) is 0 Å². The van der Waals surface area contributed by atoms with Crippen LogP contribution >= 0.6 is 38.5 Å². The average Bonchev–Trinajstić information content (AvgIpc) is 2.46. The van der Waals surface area contributed by atoms with Crippen molar-refractivity contribution in [1.82, 2.24) is 0 Å². The van der Waals surface area contributed by atoms with Gasteiger partial charge in [-0.05, 0) is 49.6 Å². The molecule has 3 nitrogen and oxygen atoms in total. The zero-order chi connectivity index (χ0) is 15.7. The van der Waals surface area contributed by atoms with E-state index >= 15 is 0 Å². The molecule has 0 aliphatic heterocycles. The molecule has 0 amide bonds. The van der Waals surface area contributed by atoms with E-state index in [-0.39, 0.29) is 0 Å². The molecule has 0 spiro atoms. The predicted molar refractivity (Wildman–Crippen MR) is 96.7 cm³/mol. The maximum Gasteiger partial charge on any atom is 0.238 e. The summed E-state index contributed by atoms with van der Waals surface area (Å²) in [7, 11) is -3.56. The largest absolute Gasteiger partial charge is 0.290 e. The molecule has 0 aliphatic carbocycles. The summed E-state index contributed by atoms with van der Waals surface area (Å²) in [6.45, 7) is 0. The van der Waals surface area contributed by atoms with Gasteiger partial charge in [-0.2, -0.15) is 0 Å². The van der Waals surface area contributed by atoms with Crippen LogP contribution in [0.3, 0.4) is 0 Å². The molecule has 21 heavy (non-hydrogen) atoms. The third-order valence-electron chi connectivity index (χ3n) is 2.98. The summed E-state index contributed by atoms with van der Waals surface area (Å²) in [6.07, 6.45) is 1.03. The van der Waals surface area contributed by atoms with Crippen LogP contribution < -0.4 is 0 Å². The summed E-state index contributed by atoms with van der Waals surface area (Å²) in [5.74, 6) is -0.481. The number of ketones is 1. The Hall–Kier alpha value is -0.730. The second kappa shape index (κ2) is 6.18. The lowest BCUT2D eigenvalue weighted by atomic mass is 10.0. The molecule has 0 unspecified atom stereocenters. The van der Waals surface area contributed by atoms with Crippen molar-refractivity contribution in [3.63, 3.8) is 0 Å². The lowest BCUT2D eigenvalue weighted by molar-refractivity contribution is 0.101. The molecule has 2 aromatic carbocycles. The summed E-state index contributed by atoms with van der Waals surface area (Å²) in [4.78, 5) is 12.3. The van der Waals surface area contributed by atoms with Crippen LogP contribution in [0.4, 0.5) is 0 Å². The third-order valence-corrected chi connectivity index (χ3v) is 9.12. The Labute approximate surface area is 145 Å². The monoisotopic (exact) mass is 478 g/mol. The Morgan fingerprint density at radius 2 is 1.48 bits per heavy atom. The molecule has 110 valence electrons. The van der Waals surface area contributed by atoms with Gasteiger partial charge in [0.1, 0.15) is 0 Å². The highest BCUT2D eigenvalue weighted by Crippen LogP contribution is 2.36. The van der Waals surface area contributed by atoms with Crippen LogP contribution in [0.25, 0.3) is 11.1 Å². The van der Waals surface area contributed by atoms with E-state index in [4.69, 9.17) is 0 Å². The second-order valence-electron chi connectivity index (χ2n) is 4.56. The van der Waals surface area contributed by atoms with Crippen molar-refractivity contribution in [2.45, 2.75) is 1.66 Å². The van der Waals surface area contributed by atoms with E-state index < -0.39 is 17.3 Å². The molecule has 0 saturated heterocycles. The Kier molecular flexibility index (Phi) is 4.89. The maximum absolute atomic E-state index is 12.3. The lowest BCUT2D eigenvalue weighted by Gasteiger charge is -2.17. The minimum atomic E-state index is -3.56. The third kappa shape index (κ3) is 3.54.